The molecule has 4 nitrogen and oxygen atoms in total. The molecular formula is C13H10BrN3O. The van der Waals surface area contributed by atoms with Crippen molar-refractivity contribution < 1.29 is 4.74 Å². The zero-order valence-corrected chi connectivity index (χ0v) is 11.0. The summed E-state index contributed by atoms with van der Waals surface area (Å²) in [4.78, 5) is 0. The van der Waals surface area contributed by atoms with Crippen molar-refractivity contribution in [2.24, 2.45) is 0 Å². The van der Waals surface area contributed by atoms with Crippen molar-refractivity contribution in [2.45, 2.75) is 6.61 Å². The van der Waals surface area contributed by atoms with Gasteiger partial charge in [0.1, 0.15) is 6.61 Å². The number of ether oxygens (including phenoxy) is 1. The molecule has 2 aromatic heterocycles. The van der Waals surface area contributed by atoms with Crippen LogP contribution in [0.4, 0.5) is 0 Å². The maximum absolute atomic E-state index is 5.67. The van der Waals surface area contributed by atoms with Gasteiger partial charge in [0, 0.05) is 10.7 Å². The van der Waals surface area contributed by atoms with Crippen LogP contribution in [0.5, 0.6) is 6.01 Å². The predicted molar refractivity (Wildman–Crippen MR) is 71.5 cm³/mol. The van der Waals surface area contributed by atoms with Crippen LogP contribution in [-0.4, -0.2) is 14.6 Å². The van der Waals surface area contributed by atoms with Gasteiger partial charge in [-0.15, -0.1) is 5.10 Å². The first kappa shape index (κ1) is 11.2. The third kappa shape index (κ3) is 2.22. The summed E-state index contributed by atoms with van der Waals surface area (Å²) in [7, 11) is 0. The first-order valence-corrected chi connectivity index (χ1v) is 6.29. The topological polar surface area (TPSA) is 39.4 Å². The van der Waals surface area contributed by atoms with Crippen molar-refractivity contribution in [3.8, 4) is 6.01 Å². The van der Waals surface area contributed by atoms with Gasteiger partial charge in [0.15, 0.2) is 5.65 Å². The Morgan fingerprint density at radius 2 is 2.06 bits per heavy atom. The highest BCUT2D eigenvalue weighted by Crippen LogP contribution is 2.15. The fourth-order valence-electron chi connectivity index (χ4n) is 1.69. The van der Waals surface area contributed by atoms with E-state index in [0.29, 0.717) is 12.6 Å². The largest absolute Gasteiger partial charge is 0.458 e. The minimum atomic E-state index is 0.467. The van der Waals surface area contributed by atoms with Gasteiger partial charge in [-0.3, -0.25) is 4.40 Å². The number of fused-ring (bicyclic) bond motifs is 1. The molecule has 0 amide bonds. The molecule has 2 heterocycles. The Bertz CT molecular complexity index is 681. The minimum absolute atomic E-state index is 0.467. The van der Waals surface area contributed by atoms with Crippen molar-refractivity contribution in [3.05, 3.63) is 58.7 Å². The van der Waals surface area contributed by atoms with Crippen molar-refractivity contribution in [1.82, 2.24) is 14.6 Å². The highest BCUT2D eigenvalue weighted by atomic mass is 79.9. The zero-order valence-electron chi connectivity index (χ0n) is 9.45. The van der Waals surface area contributed by atoms with Crippen LogP contribution in [0.1, 0.15) is 5.56 Å². The lowest BCUT2D eigenvalue weighted by Crippen LogP contribution is -1.99. The fourth-order valence-corrected chi connectivity index (χ4v) is 2.14. The molecule has 18 heavy (non-hydrogen) atoms. The molecule has 0 radical (unpaired) electrons. The van der Waals surface area contributed by atoms with E-state index in [1.807, 2.05) is 53.1 Å². The van der Waals surface area contributed by atoms with Crippen molar-refractivity contribution in [3.63, 3.8) is 0 Å². The molecule has 0 fully saturated rings. The van der Waals surface area contributed by atoms with E-state index in [1.54, 1.807) is 0 Å². The maximum Gasteiger partial charge on any atom is 0.321 e. The number of rotatable bonds is 3. The Morgan fingerprint density at radius 3 is 2.94 bits per heavy atom. The second-order valence-electron chi connectivity index (χ2n) is 3.83. The molecule has 0 spiro atoms. The second-order valence-corrected chi connectivity index (χ2v) is 4.75. The summed E-state index contributed by atoms with van der Waals surface area (Å²) in [6, 6.07) is 14.2. The van der Waals surface area contributed by atoms with E-state index < -0.39 is 0 Å². The Labute approximate surface area is 112 Å². The lowest BCUT2D eigenvalue weighted by atomic mass is 10.2. The quantitative estimate of drug-likeness (QED) is 0.746. The molecule has 90 valence electrons. The van der Waals surface area contributed by atoms with Crippen LogP contribution in [0, 0.1) is 0 Å². The van der Waals surface area contributed by atoms with E-state index in [4.69, 9.17) is 4.74 Å². The van der Waals surface area contributed by atoms with Gasteiger partial charge >= 0.3 is 6.01 Å². The van der Waals surface area contributed by atoms with E-state index in [9.17, 15) is 0 Å². The monoisotopic (exact) mass is 303 g/mol. The molecule has 0 aliphatic carbocycles. The molecule has 5 heteroatoms. The van der Waals surface area contributed by atoms with Crippen LogP contribution >= 0.6 is 15.9 Å². The summed E-state index contributed by atoms with van der Waals surface area (Å²) in [5.41, 5.74) is 1.86. The Balaban J connectivity index is 1.81. The molecule has 0 unspecified atom stereocenters. The number of hydrogen-bond donors (Lipinski definition) is 0. The molecule has 0 N–H and O–H groups in total. The van der Waals surface area contributed by atoms with Crippen LogP contribution in [-0.2, 0) is 6.61 Å². The van der Waals surface area contributed by atoms with Crippen molar-refractivity contribution >= 4 is 21.6 Å². The number of halogens is 1. The van der Waals surface area contributed by atoms with E-state index in [0.717, 1.165) is 15.7 Å². The van der Waals surface area contributed by atoms with Gasteiger partial charge in [0.05, 0.1) is 0 Å². The number of pyridine rings is 1. The molecule has 0 saturated heterocycles. The number of benzene rings is 1. The Kier molecular flexibility index (Phi) is 2.98. The highest BCUT2D eigenvalue weighted by molar-refractivity contribution is 9.10. The van der Waals surface area contributed by atoms with Gasteiger partial charge in [0.2, 0.25) is 0 Å². The van der Waals surface area contributed by atoms with E-state index in [-0.39, 0.29) is 0 Å². The Morgan fingerprint density at radius 1 is 1.11 bits per heavy atom. The third-order valence-corrected chi connectivity index (χ3v) is 3.03. The van der Waals surface area contributed by atoms with Crippen molar-refractivity contribution in [1.29, 1.82) is 0 Å². The van der Waals surface area contributed by atoms with Crippen molar-refractivity contribution in [2.75, 3.05) is 0 Å². The van der Waals surface area contributed by atoms with Gasteiger partial charge < -0.3 is 4.74 Å². The first-order valence-electron chi connectivity index (χ1n) is 5.50. The molecule has 0 atom stereocenters. The van der Waals surface area contributed by atoms with Crippen LogP contribution in [0.3, 0.4) is 0 Å². The summed E-state index contributed by atoms with van der Waals surface area (Å²) < 4.78 is 8.52. The standard InChI is InChI=1S/C13H10BrN3O/c14-11-5-3-4-10(8-11)9-18-13-16-15-12-6-1-2-7-17(12)13/h1-8H,9H2. The summed E-state index contributed by atoms with van der Waals surface area (Å²) >= 11 is 3.43. The van der Waals surface area contributed by atoms with Crippen LogP contribution in [0.25, 0.3) is 5.65 Å². The summed E-state index contributed by atoms with van der Waals surface area (Å²) in [5.74, 6) is 0. The highest BCUT2D eigenvalue weighted by Gasteiger charge is 2.05. The fraction of sp³-hybridized carbons (Fsp3) is 0.0769. The molecule has 1 aromatic carbocycles. The molecule has 3 rings (SSSR count). The molecule has 0 aliphatic heterocycles. The predicted octanol–water partition coefficient (Wildman–Crippen LogP) is 3.07. The van der Waals surface area contributed by atoms with Gasteiger partial charge in [-0.05, 0) is 29.8 Å². The van der Waals surface area contributed by atoms with Gasteiger partial charge in [-0.2, -0.15) is 0 Å². The van der Waals surface area contributed by atoms with E-state index >= 15 is 0 Å². The van der Waals surface area contributed by atoms with E-state index in [2.05, 4.69) is 26.1 Å². The van der Waals surface area contributed by atoms with E-state index in [1.165, 1.54) is 0 Å². The summed E-state index contributed by atoms with van der Waals surface area (Å²) in [6.45, 7) is 0.467. The molecular weight excluding hydrogens is 294 g/mol. The number of nitrogens with zero attached hydrogens (tertiary/aromatic N) is 3. The van der Waals surface area contributed by atoms with Crippen LogP contribution in [0.15, 0.2) is 53.1 Å². The van der Waals surface area contributed by atoms with Crippen LogP contribution in [0.2, 0.25) is 0 Å². The normalized spacial score (nSPS) is 10.7. The zero-order chi connectivity index (χ0) is 12.4. The average molecular weight is 304 g/mol. The minimum Gasteiger partial charge on any atom is -0.458 e. The SMILES string of the molecule is Brc1cccc(COc2nnc3ccccn23)c1. The van der Waals surface area contributed by atoms with Gasteiger partial charge in [-0.1, -0.05) is 39.2 Å². The average Bonchev–Trinajstić information content (AvgIpc) is 2.80. The lowest BCUT2D eigenvalue weighted by molar-refractivity contribution is 0.277. The third-order valence-electron chi connectivity index (χ3n) is 2.54. The molecule has 0 bridgehead atoms. The summed E-state index contributed by atoms with van der Waals surface area (Å²) in [6.07, 6.45) is 1.88. The number of hydrogen-bond acceptors (Lipinski definition) is 3. The van der Waals surface area contributed by atoms with Gasteiger partial charge in [-0.25, -0.2) is 0 Å². The second kappa shape index (κ2) is 4.78. The van der Waals surface area contributed by atoms with Gasteiger partial charge in [0.25, 0.3) is 0 Å². The summed E-state index contributed by atoms with van der Waals surface area (Å²) in [5, 5.41) is 8.04. The Hall–Kier alpha value is -1.88. The molecule has 3 aromatic rings. The first-order chi connectivity index (χ1) is 8.83. The van der Waals surface area contributed by atoms with Crippen LogP contribution < -0.4 is 4.74 Å². The smallest absolute Gasteiger partial charge is 0.321 e. The molecule has 0 aliphatic rings. The lowest BCUT2D eigenvalue weighted by Gasteiger charge is -2.04. The molecule has 0 saturated carbocycles. The number of aromatic nitrogens is 3. The maximum atomic E-state index is 5.67.